The first-order valence-corrected chi connectivity index (χ1v) is 8.16. The average molecular weight is 364 g/mol. The van der Waals surface area contributed by atoms with Gasteiger partial charge in [0.25, 0.3) is 11.2 Å². The van der Waals surface area contributed by atoms with E-state index in [9.17, 15) is 19.7 Å². The van der Waals surface area contributed by atoms with Crippen LogP contribution in [-0.4, -0.2) is 20.6 Å². The summed E-state index contributed by atoms with van der Waals surface area (Å²) in [5, 5.41) is 17.6. The van der Waals surface area contributed by atoms with Gasteiger partial charge in [-0.2, -0.15) is 5.10 Å². The number of carbonyl (C=O) groups excluding carboxylic acids is 1. The highest BCUT2D eigenvalue weighted by Gasteiger charge is 2.18. The van der Waals surface area contributed by atoms with E-state index in [2.05, 4.69) is 10.4 Å². The molecule has 136 valence electrons. The second-order valence-electron chi connectivity index (χ2n) is 5.84. The Hall–Kier alpha value is -3.81. The van der Waals surface area contributed by atoms with Gasteiger partial charge in [-0.15, -0.1) is 0 Å². The van der Waals surface area contributed by atoms with Crippen LogP contribution in [0.3, 0.4) is 0 Å². The molecule has 0 radical (unpaired) electrons. The number of nitrogens with one attached hydrogen (secondary N) is 1. The third-order valence-corrected chi connectivity index (χ3v) is 3.99. The van der Waals surface area contributed by atoms with Gasteiger partial charge in [0, 0.05) is 29.4 Å². The Morgan fingerprint density at radius 3 is 2.37 bits per heavy atom. The minimum absolute atomic E-state index is 0.0745. The number of hydrogen-bond acceptors (Lipinski definition) is 5. The summed E-state index contributed by atoms with van der Waals surface area (Å²) in [4.78, 5) is 34.8. The highest BCUT2D eigenvalue weighted by Crippen LogP contribution is 2.18. The van der Waals surface area contributed by atoms with Gasteiger partial charge in [-0.3, -0.25) is 19.7 Å². The molecule has 1 heterocycles. The smallest absolute Gasteiger partial charge is 0.269 e. The number of benzene rings is 2. The molecule has 0 saturated carbocycles. The first-order valence-electron chi connectivity index (χ1n) is 8.16. The molecule has 27 heavy (non-hydrogen) atoms. The molecule has 1 unspecified atom stereocenters. The Morgan fingerprint density at radius 1 is 1.07 bits per heavy atom. The molecule has 1 N–H and O–H groups in total. The number of carbonyl (C=O) groups is 1. The number of nitrogens with zero attached hydrogens (tertiary/aromatic N) is 3. The molecule has 2 aromatic carbocycles. The molecule has 0 aliphatic heterocycles. The molecule has 1 atom stereocenters. The second kappa shape index (κ2) is 7.61. The van der Waals surface area contributed by atoms with Gasteiger partial charge in [0.05, 0.1) is 10.6 Å². The van der Waals surface area contributed by atoms with E-state index in [-0.39, 0.29) is 5.69 Å². The van der Waals surface area contributed by atoms with Gasteiger partial charge in [-0.25, -0.2) is 4.68 Å². The Kier molecular flexibility index (Phi) is 5.07. The lowest BCUT2D eigenvalue weighted by molar-refractivity contribution is -0.384. The molecule has 0 bridgehead atoms. The Bertz CT molecular complexity index is 1030. The molecule has 8 heteroatoms. The van der Waals surface area contributed by atoms with Crippen molar-refractivity contribution in [1.82, 2.24) is 9.78 Å². The van der Waals surface area contributed by atoms with Crippen LogP contribution in [0.5, 0.6) is 0 Å². The highest BCUT2D eigenvalue weighted by atomic mass is 16.6. The van der Waals surface area contributed by atoms with Crippen molar-refractivity contribution in [2.45, 2.75) is 13.0 Å². The SMILES string of the molecule is CC(C(=O)Nc1ccc([N+](=O)[O-])cc1)n1nc(-c2ccccc2)ccc1=O. The summed E-state index contributed by atoms with van der Waals surface area (Å²) in [7, 11) is 0. The monoisotopic (exact) mass is 364 g/mol. The predicted octanol–water partition coefficient (Wildman–Crippen LogP) is 3.02. The average Bonchev–Trinajstić information content (AvgIpc) is 2.69. The van der Waals surface area contributed by atoms with E-state index in [0.717, 1.165) is 10.2 Å². The molecule has 1 amide bonds. The largest absolute Gasteiger partial charge is 0.324 e. The number of hydrogen-bond donors (Lipinski definition) is 1. The molecule has 0 fully saturated rings. The summed E-state index contributed by atoms with van der Waals surface area (Å²) in [6.45, 7) is 1.56. The third kappa shape index (κ3) is 4.06. The lowest BCUT2D eigenvalue weighted by Gasteiger charge is -2.15. The van der Waals surface area contributed by atoms with E-state index < -0.39 is 22.4 Å². The number of rotatable bonds is 5. The number of aromatic nitrogens is 2. The van der Waals surface area contributed by atoms with Gasteiger partial charge in [0.15, 0.2) is 0 Å². The molecule has 0 spiro atoms. The maximum absolute atomic E-state index is 12.5. The van der Waals surface area contributed by atoms with Crippen LogP contribution in [0, 0.1) is 10.1 Å². The molecule has 0 saturated heterocycles. The molecular weight excluding hydrogens is 348 g/mol. The molecule has 3 rings (SSSR count). The van der Waals surface area contributed by atoms with Crippen LogP contribution < -0.4 is 10.9 Å². The minimum atomic E-state index is -0.864. The van der Waals surface area contributed by atoms with Gasteiger partial charge in [0.1, 0.15) is 6.04 Å². The number of non-ortho nitro benzene ring substituents is 1. The number of nitro benzene ring substituents is 1. The maximum atomic E-state index is 12.5. The summed E-state index contributed by atoms with van der Waals surface area (Å²) in [6, 6.07) is 16.9. The fraction of sp³-hybridized carbons (Fsp3) is 0.105. The van der Waals surface area contributed by atoms with Crippen LogP contribution in [0.2, 0.25) is 0 Å². The van der Waals surface area contributed by atoms with Crippen molar-refractivity contribution in [1.29, 1.82) is 0 Å². The van der Waals surface area contributed by atoms with E-state index in [0.29, 0.717) is 11.4 Å². The minimum Gasteiger partial charge on any atom is -0.324 e. The summed E-state index contributed by atoms with van der Waals surface area (Å²) in [5.41, 5.74) is 1.32. The van der Waals surface area contributed by atoms with E-state index in [4.69, 9.17) is 0 Å². The molecular formula is C19H16N4O4. The fourth-order valence-corrected chi connectivity index (χ4v) is 2.49. The quantitative estimate of drug-likeness (QED) is 0.553. The molecule has 3 aromatic rings. The van der Waals surface area contributed by atoms with Crippen molar-refractivity contribution in [3.05, 3.63) is 87.2 Å². The van der Waals surface area contributed by atoms with Crippen LogP contribution in [0.4, 0.5) is 11.4 Å². The van der Waals surface area contributed by atoms with Gasteiger partial charge in [-0.1, -0.05) is 30.3 Å². The van der Waals surface area contributed by atoms with E-state index >= 15 is 0 Å². The highest BCUT2D eigenvalue weighted by molar-refractivity contribution is 5.93. The van der Waals surface area contributed by atoms with Crippen molar-refractivity contribution in [2.75, 3.05) is 5.32 Å². The normalized spacial score (nSPS) is 11.6. The zero-order valence-electron chi connectivity index (χ0n) is 14.4. The predicted molar refractivity (Wildman–Crippen MR) is 100 cm³/mol. The number of amides is 1. The second-order valence-corrected chi connectivity index (χ2v) is 5.84. The maximum Gasteiger partial charge on any atom is 0.269 e. The first kappa shape index (κ1) is 18.0. The summed E-state index contributed by atoms with van der Waals surface area (Å²) >= 11 is 0. The third-order valence-electron chi connectivity index (χ3n) is 3.99. The van der Waals surface area contributed by atoms with Crippen LogP contribution in [0.1, 0.15) is 13.0 Å². The van der Waals surface area contributed by atoms with Crippen molar-refractivity contribution >= 4 is 17.3 Å². The van der Waals surface area contributed by atoms with E-state index in [1.165, 1.54) is 30.3 Å². The van der Waals surface area contributed by atoms with E-state index in [1.54, 1.807) is 13.0 Å². The first-order chi connectivity index (χ1) is 13.0. The number of anilines is 1. The molecule has 0 aliphatic rings. The standard InChI is InChI=1S/C19H16N4O4/c1-13(19(25)20-15-7-9-16(10-8-15)23(26)27)22-18(24)12-11-17(21-22)14-5-3-2-4-6-14/h2-13H,1H3,(H,20,25). The van der Waals surface area contributed by atoms with Crippen LogP contribution in [0.25, 0.3) is 11.3 Å². The van der Waals surface area contributed by atoms with Gasteiger partial charge in [-0.05, 0) is 25.1 Å². The van der Waals surface area contributed by atoms with Crippen LogP contribution in [-0.2, 0) is 4.79 Å². The summed E-state index contributed by atoms with van der Waals surface area (Å²) in [6.07, 6.45) is 0. The topological polar surface area (TPSA) is 107 Å². The fourth-order valence-electron chi connectivity index (χ4n) is 2.49. The summed E-state index contributed by atoms with van der Waals surface area (Å²) < 4.78 is 1.11. The van der Waals surface area contributed by atoms with Gasteiger partial charge < -0.3 is 5.32 Å². The zero-order chi connectivity index (χ0) is 19.4. The van der Waals surface area contributed by atoms with Gasteiger partial charge >= 0.3 is 0 Å². The Morgan fingerprint density at radius 2 is 1.74 bits per heavy atom. The summed E-state index contributed by atoms with van der Waals surface area (Å²) in [5.74, 6) is -0.455. The van der Waals surface area contributed by atoms with Crippen molar-refractivity contribution < 1.29 is 9.72 Å². The molecule has 1 aromatic heterocycles. The zero-order valence-corrected chi connectivity index (χ0v) is 14.4. The Labute approximate surface area is 154 Å². The molecule has 8 nitrogen and oxygen atoms in total. The molecule has 0 aliphatic carbocycles. The van der Waals surface area contributed by atoms with Crippen molar-refractivity contribution in [2.24, 2.45) is 0 Å². The lowest BCUT2D eigenvalue weighted by Crippen LogP contribution is -2.33. The van der Waals surface area contributed by atoms with Crippen molar-refractivity contribution in [3.63, 3.8) is 0 Å². The van der Waals surface area contributed by atoms with Gasteiger partial charge in [0.2, 0.25) is 5.91 Å². The Balaban J connectivity index is 1.82. The number of nitro groups is 1. The van der Waals surface area contributed by atoms with Crippen LogP contribution >= 0.6 is 0 Å². The van der Waals surface area contributed by atoms with Crippen molar-refractivity contribution in [3.8, 4) is 11.3 Å². The van der Waals surface area contributed by atoms with Crippen LogP contribution in [0.15, 0.2) is 71.5 Å². The van der Waals surface area contributed by atoms with E-state index in [1.807, 2.05) is 30.3 Å². The lowest BCUT2D eigenvalue weighted by atomic mass is 10.1.